The van der Waals surface area contributed by atoms with Crippen molar-refractivity contribution in [2.75, 3.05) is 6.61 Å². The van der Waals surface area contributed by atoms with Gasteiger partial charge in [-0.1, -0.05) is 46.3 Å². The summed E-state index contributed by atoms with van der Waals surface area (Å²) in [5, 5.41) is 0. The van der Waals surface area contributed by atoms with Crippen LogP contribution in [0.2, 0.25) is 0 Å². The van der Waals surface area contributed by atoms with Crippen molar-refractivity contribution in [1.82, 2.24) is 0 Å². The molecule has 0 N–H and O–H groups in total. The monoisotopic (exact) mass is 329 g/mol. The first-order valence-electron chi connectivity index (χ1n) is 6.63. The molecule has 1 aliphatic heterocycles. The van der Waals surface area contributed by atoms with Gasteiger partial charge in [0.25, 0.3) is 0 Å². The average Bonchev–Trinajstić information content (AvgIpc) is 2.79. The second-order valence-corrected chi connectivity index (χ2v) is 6.49. The van der Waals surface area contributed by atoms with Crippen LogP contribution in [0.5, 0.6) is 0 Å². The standard InChI is InChI=1S/C17H16BrNO/c1-17(2)11-20-16(19-17)15-9-4-3-8-14(15)12-6-5-7-13(18)10-12/h3-10H,11H2,1-2H3. The summed E-state index contributed by atoms with van der Waals surface area (Å²) in [6.45, 7) is 4.80. The van der Waals surface area contributed by atoms with Crippen LogP contribution in [-0.2, 0) is 4.74 Å². The van der Waals surface area contributed by atoms with Crippen LogP contribution >= 0.6 is 15.9 Å². The number of aliphatic imine (C=N–C) groups is 1. The summed E-state index contributed by atoms with van der Waals surface area (Å²) in [5.41, 5.74) is 3.21. The van der Waals surface area contributed by atoms with Gasteiger partial charge in [-0.15, -0.1) is 0 Å². The first-order chi connectivity index (χ1) is 9.55. The molecule has 0 radical (unpaired) electrons. The lowest BCUT2D eigenvalue weighted by atomic mass is 9.99. The van der Waals surface area contributed by atoms with Crippen molar-refractivity contribution in [3.8, 4) is 11.1 Å². The summed E-state index contributed by atoms with van der Waals surface area (Å²) in [4.78, 5) is 4.68. The van der Waals surface area contributed by atoms with Gasteiger partial charge >= 0.3 is 0 Å². The van der Waals surface area contributed by atoms with Crippen LogP contribution in [-0.4, -0.2) is 18.0 Å². The highest BCUT2D eigenvalue weighted by Crippen LogP contribution is 2.29. The van der Waals surface area contributed by atoms with E-state index in [2.05, 4.69) is 59.0 Å². The van der Waals surface area contributed by atoms with Crippen LogP contribution in [0.15, 0.2) is 58.0 Å². The molecular weight excluding hydrogens is 314 g/mol. The zero-order valence-electron chi connectivity index (χ0n) is 11.6. The molecule has 0 aromatic heterocycles. The first kappa shape index (κ1) is 13.4. The summed E-state index contributed by atoms with van der Waals surface area (Å²) in [5.74, 6) is 0.741. The van der Waals surface area contributed by atoms with E-state index in [4.69, 9.17) is 4.74 Å². The highest BCUT2D eigenvalue weighted by atomic mass is 79.9. The Morgan fingerprint density at radius 2 is 1.80 bits per heavy atom. The number of hydrogen-bond acceptors (Lipinski definition) is 2. The summed E-state index contributed by atoms with van der Waals surface area (Å²) in [6, 6.07) is 16.5. The minimum Gasteiger partial charge on any atom is -0.475 e. The molecule has 1 heterocycles. The molecule has 2 nitrogen and oxygen atoms in total. The minimum atomic E-state index is -0.139. The third-order valence-corrected chi connectivity index (χ3v) is 3.75. The van der Waals surface area contributed by atoms with Gasteiger partial charge in [-0.05, 0) is 43.2 Å². The van der Waals surface area contributed by atoms with E-state index in [1.54, 1.807) is 0 Å². The van der Waals surface area contributed by atoms with Crippen LogP contribution in [0.4, 0.5) is 0 Å². The van der Waals surface area contributed by atoms with E-state index < -0.39 is 0 Å². The molecule has 0 unspecified atom stereocenters. The van der Waals surface area contributed by atoms with Crippen LogP contribution in [0.1, 0.15) is 19.4 Å². The van der Waals surface area contributed by atoms with Gasteiger partial charge in [0.15, 0.2) is 0 Å². The van der Waals surface area contributed by atoms with Crippen molar-refractivity contribution in [3.05, 3.63) is 58.6 Å². The fourth-order valence-corrected chi connectivity index (χ4v) is 2.70. The lowest BCUT2D eigenvalue weighted by molar-refractivity contribution is 0.279. The van der Waals surface area contributed by atoms with Crippen molar-refractivity contribution in [3.63, 3.8) is 0 Å². The normalized spacial score (nSPS) is 16.6. The first-order valence-corrected chi connectivity index (χ1v) is 7.42. The maximum atomic E-state index is 5.78. The third kappa shape index (κ3) is 2.63. The SMILES string of the molecule is CC1(C)COC(c2ccccc2-c2cccc(Br)c2)=N1. The molecule has 0 fully saturated rings. The van der Waals surface area contributed by atoms with Gasteiger partial charge in [0.1, 0.15) is 6.61 Å². The van der Waals surface area contributed by atoms with E-state index in [0.29, 0.717) is 6.61 Å². The number of nitrogens with zero attached hydrogens (tertiary/aromatic N) is 1. The summed E-state index contributed by atoms with van der Waals surface area (Å²) in [7, 11) is 0. The second-order valence-electron chi connectivity index (χ2n) is 5.57. The molecule has 0 atom stereocenters. The van der Waals surface area contributed by atoms with Gasteiger partial charge in [0.05, 0.1) is 5.54 Å². The molecular formula is C17H16BrNO. The molecule has 0 aliphatic carbocycles. The smallest absolute Gasteiger partial charge is 0.217 e. The largest absolute Gasteiger partial charge is 0.475 e. The van der Waals surface area contributed by atoms with E-state index in [1.807, 2.05) is 24.3 Å². The Bertz CT molecular complexity index is 676. The van der Waals surface area contributed by atoms with Gasteiger partial charge in [-0.2, -0.15) is 0 Å². The highest BCUT2D eigenvalue weighted by molar-refractivity contribution is 9.10. The molecule has 2 aromatic rings. The van der Waals surface area contributed by atoms with Crippen molar-refractivity contribution in [2.24, 2.45) is 4.99 Å². The third-order valence-electron chi connectivity index (χ3n) is 3.26. The zero-order chi connectivity index (χ0) is 14.2. The topological polar surface area (TPSA) is 21.6 Å². The fraction of sp³-hybridized carbons (Fsp3) is 0.235. The molecule has 0 spiro atoms. The number of ether oxygens (including phenoxy) is 1. The molecule has 2 aromatic carbocycles. The van der Waals surface area contributed by atoms with Crippen LogP contribution in [0, 0.1) is 0 Å². The Labute approximate surface area is 127 Å². The average molecular weight is 330 g/mol. The lowest BCUT2D eigenvalue weighted by Crippen LogP contribution is -2.17. The molecule has 1 aliphatic rings. The number of benzene rings is 2. The van der Waals surface area contributed by atoms with Gasteiger partial charge in [-0.25, -0.2) is 4.99 Å². The molecule has 102 valence electrons. The highest BCUT2D eigenvalue weighted by Gasteiger charge is 2.28. The fourth-order valence-electron chi connectivity index (χ4n) is 2.30. The van der Waals surface area contributed by atoms with Gasteiger partial charge < -0.3 is 4.74 Å². The van der Waals surface area contributed by atoms with Gasteiger partial charge in [-0.3, -0.25) is 0 Å². The van der Waals surface area contributed by atoms with Gasteiger partial charge in [0.2, 0.25) is 5.90 Å². The van der Waals surface area contributed by atoms with Crippen molar-refractivity contribution in [2.45, 2.75) is 19.4 Å². The van der Waals surface area contributed by atoms with Crippen molar-refractivity contribution < 1.29 is 4.74 Å². The summed E-state index contributed by atoms with van der Waals surface area (Å²) in [6.07, 6.45) is 0. The molecule has 0 amide bonds. The van der Waals surface area contributed by atoms with E-state index in [0.717, 1.165) is 27.1 Å². The van der Waals surface area contributed by atoms with Crippen molar-refractivity contribution >= 4 is 21.8 Å². The minimum absolute atomic E-state index is 0.139. The lowest BCUT2D eigenvalue weighted by Gasteiger charge is -2.09. The zero-order valence-corrected chi connectivity index (χ0v) is 13.1. The molecule has 0 bridgehead atoms. The maximum absolute atomic E-state index is 5.78. The van der Waals surface area contributed by atoms with E-state index >= 15 is 0 Å². The molecule has 3 heteroatoms. The number of rotatable bonds is 2. The van der Waals surface area contributed by atoms with Crippen LogP contribution < -0.4 is 0 Å². The molecule has 3 rings (SSSR count). The van der Waals surface area contributed by atoms with Crippen molar-refractivity contribution in [1.29, 1.82) is 0 Å². The predicted molar refractivity (Wildman–Crippen MR) is 86.1 cm³/mol. The molecule has 0 saturated carbocycles. The van der Waals surface area contributed by atoms with Crippen LogP contribution in [0.25, 0.3) is 11.1 Å². The number of hydrogen-bond donors (Lipinski definition) is 0. The van der Waals surface area contributed by atoms with Crippen LogP contribution in [0.3, 0.4) is 0 Å². The quantitative estimate of drug-likeness (QED) is 0.784. The molecule has 0 saturated heterocycles. The maximum Gasteiger partial charge on any atom is 0.217 e. The Balaban J connectivity index is 2.10. The second kappa shape index (κ2) is 5.06. The van der Waals surface area contributed by atoms with E-state index in [1.165, 1.54) is 0 Å². The number of halogens is 1. The summed E-state index contributed by atoms with van der Waals surface area (Å²) >= 11 is 3.52. The Hall–Kier alpha value is -1.61. The molecule has 20 heavy (non-hydrogen) atoms. The summed E-state index contributed by atoms with van der Waals surface area (Å²) < 4.78 is 6.85. The predicted octanol–water partition coefficient (Wildman–Crippen LogP) is 4.67. The Kier molecular flexibility index (Phi) is 3.38. The van der Waals surface area contributed by atoms with E-state index in [9.17, 15) is 0 Å². The Morgan fingerprint density at radius 3 is 2.45 bits per heavy atom. The van der Waals surface area contributed by atoms with Gasteiger partial charge in [0, 0.05) is 10.0 Å². The Morgan fingerprint density at radius 1 is 1.05 bits per heavy atom. The van der Waals surface area contributed by atoms with E-state index in [-0.39, 0.29) is 5.54 Å².